The molecule has 0 fully saturated rings. The van der Waals surface area contributed by atoms with Crippen LogP contribution in [0.1, 0.15) is 12.8 Å². The second-order valence-electron chi connectivity index (χ2n) is 13.1. The van der Waals surface area contributed by atoms with Crippen molar-refractivity contribution in [2.24, 2.45) is 0 Å². The molecule has 0 radical (unpaired) electrons. The van der Waals surface area contributed by atoms with Crippen LogP contribution in [0.4, 0.5) is 0 Å². The largest absolute Gasteiger partial charge is 0.508 e. The van der Waals surface area contributed by atoms with Gasteiger partial charge in [0.2, 0.25) is 5.24 Å². The summed E-state index contributed by atoms with van der Waals surface area (Å²) < 4.78 is 15.7. The van der Waals surface area contributed by atoms with Gasteiger partial charge < -0.3 is 14.6 Å². The van der Waals surface area contributed by atoms with Crippen molar-refractivity contribution in [1.29, 1.82) is 0 Å². The summed E-state index contributed by atoms with van der Waals surface area (Å²) in [6.45, 7) is 3.34. The number of carbonyl (C=O) groups excluding carboxylic acids is 3. The Morgan fingerprint density at radius 2 is 0.905 bits per heavy atom. The number of phenolic OH excluding ortho intramolecular Hbond substituents is 1. The van der Waals surface area contributed by atoms with E-state index in [4.69, 9.17) is 44.3 Å². The number of phenols is 1. The van der Waals surface area contributed by atoms with Crippen molar-refractivity contribution in [2.75, 3.05) is 11.8 Å². The quantitative estimate of drug-likeness (QED) is 0.0413. The fraction of sp³-hybridized carbons (Fsp3) is 0.0833. The van der Waals surface area contributed by atoms with Gasteiger partial charge in [-0.3, -0.25) is 24.0 Å². The number of fused-ring (bicyclic) bond motifs is 6. The third-order valence-corrected chi connectivity index (χ3v) is 12.9. The third kappa shape index (κ3) is 11.7. The number of aromatic hydroxyl groups is 1. The van der Waals surface area contributed by atoms with Crippen molar-refractivity contribution in [3.63, 3.8) is 0 Å². The average Bonchev–Trinajstić information content (AvgIpc) is 3.28. The minimum atomic E-state index is -0.540. The van der Waals surface area contributed by atoms with E-state index in [1.807, 2.05) is 60.7 Å². The zero-order valence-corrected chi connectivity index (χ0v) is 37.5. The predicted octanol–water partition coefficient (Wildman–Crippen LogP) is 12.0. The topological polar surface area (TPSA) is 141 Å². The van der Waals surface area contributed by atoms with Gasteiger partial charge in [0, 0.05) is 84.8 Å². The van der Waals surface area contributed by atoms with Crippen molar-refractivity contribution in [1.82, 2.24) is 0 Å². The molecule has 9 rings (SSSR count). The highest BCUT2D eigenvalue weighted by molar-refractivity contribution is 7.25. The van der Waals surface area contributed by atoms with E-state index in [0.29, 0.717) is 49.7 Å². The smallest absolute Gasteiger partial charge is 0.335 e. The zero-order valence-electron chi connectivity index (χ0n) is 32.8. The first-order valence-corrected chi connectivity index (χ1v) is 22.7. The van der Waals surface area contributed by atoms with Gasteiger partial charge in [0.05, 0.1) is 6.42 Å². The van der Waals surface area contributed by atoms with Crippen LogP contribution in [-0.4, -0.2) is 34.0 Å². The van der Waals surface area contributed by atoms with Crippen LogP contribution in [0.3, 0.4) is 0 Å². The first-order chi connectivity index (χ1) is 30.4. The lowest BCUT2D eigenvalue weighted by Gasteiger charge is -2.05. The Labute approximate surface area is 385 Å². The van der Waals surface area contributed by atoms with Crippen LogP contribution in [0, 0.1) is 0 Å². The van der Waals surface area contributed by atoms with Crippen LogP contribution >= 0.6 is 68.8 Å². The Hall–Kier alpha value is -5.99. The van der Waals surface area contributed by atoms with E-state index in [1.165, 1.54) is 17.4 Å². The number of esters is 2. The van der Waals surface area contributed by atoms with Crippen molar-refractivity contribution in [3.8, 4) is 17.2 Å². The van der Waals surface area contributed by atoms with Crippen molar-refractivity contribution in [3.05, 3.63) is 171 Å². The molecular formula is C48H33Cl3O9S3. The van der Waals surface area contributed by atoms with Gasteiger partial charge in [-0.05, 0) is 103 Å². The Morgan fingerprint density at radius 3 is 1.30 bits per heavy atom. The van der Waals surface area contributed by atoms with Gasteiger partial charge in [-0.2, -0.15) is 0 Å². The van der Waals surface area contributed by atoms with E-state index < -0.39 is 11.9 Å². The van der Waals surface area contributed by atoms with Crippen LogP contribution in [0.25, 0.3) is 60.5 Å². The van der Waals surface area contributed by atoms with Gasteiger partial charge in [-0.15, -0.1) is 57.2 Å². The van der Waals surface area contributed by atoms with Crippen LogP contribution in [-0.2, 0) is 14.4 Å². The van der Waals surface area contributed by atoms with E-state index in [2.05, 4.69) is 6.58 Å². The van der Waals surface area contributed by atoms with Gasteiger partial charge >= 0.3 is 11.9 Å². The third-order valence-electron chi connectivity index (χ3n) is 8.86. The molecule has 318 valence electrons. The maximum Gasteiger partial charge on any atom is 0.335 e. The summed E-state index contributed by atoms with van der Waals surface area (Å²) in [5, 5.41) is 12.8. The molecule has 0 aliphatic carbocycles. The first kappa shape index (κ1) is 46.5. The minimum absolute atomic E-state index is 0.0137. The molecule has 0 aliphatic rings. The van der Waals surface area contributed by atoms with Crippen LogP contribution in [0.15, 0.2) is 154 Å². The Bertz CT molecular complexity index is 3360. The second-order valence-corrected chi connectivity index (χ2v) is 17.5. The van der Waals surface area contributed by atoms with Crippen molar-refractivity contribution < 1.29 is 29.0 Å². The molecule has 0 saturated carbocycles. The molecule has 0 saturated heterocycles. The lowest BCUT2D eigenvalue weighted by molar-refractivity contribution is -0.134. The fourth-order valence-corrected chi connectivity index (χ4v) is 9.65. The zero-order chi connectivity index (χ0) is 45.0. The minimum Gasteiger partial charge on any atom is -0.508 e. The maximum atomic E-state index is 12.5. The SMILES string of the molecule is C=CC(=O)Oc1ccc2sc3ccccc3c(=O)c2c1.O=C(CCCl)Oc1ccc2sc3ccccc3c(=O)c2c1.O=C(Cl)CCCl.O=c1c2ccccc2sc2ccc(O)cc12. The van der Waals surface area contributed by atoms with Crippen molar-refractivity contribution >= 4 is 147 Å². The van der Waals surface area contributed by atoms with Gasteiger partial charge in [-0.1, -0.05) is 43.0 Å². The summed E-state index contributed by atoms with van der Waals surface area (Å²) in [6, 6.07) is 37.6. The molecule has 3 heterocycles. The molecule has 0 atom stereocenters. The molecule has 15 heteroatoms. The highest BCUT2D eigenvalue weighted by Crippen LogP contribution is 2.30. The molecular weight excluding hydrogens is 923 g/mol. The van der Waals surface area contributed by atoms with Gasteiger partial charge in [0.15, 0.2) is 16.3 Å². The fourth-order valence-electron chi connectivity index (χ4n) is 5.97. The highest BCUT2D eigenvalue weighted by atomic mass is 35.5. The number of carbonyl (C=O) groups is 3. The predicted molar refractivity (Wildman–Crippen MR) is 261 cm³/mol. The molecule has 0 spiro atoms. The summed E-state index contributed by atoms with van der Waals surface area (Å²) in [7, 11) is 0. The lowest BCUT2D eigenvalue weighted by atomic mass is 10.2. The number of rotatable bonds is 7. The maximum absolute atomic E-state index is 12.5. The van der Waals surface area contributed by atoms with E-state index in [9.17, 15) is 33.9 Å². The van der Waals surface area contributed by atoms with Gasteiger partial charge in [0.1, 0.15) is 17.2 Å². The van der Waals surface area contributed by atoms with E-state index in [1.54, 1.807) is 83.3 Å². The summed E-state index contributed by atoms with van der Waals surface area (Å²) in [5.41, 5.74) is -0.110. The second kappa shape index (κ2) is 21.9. The Kier molecular flexibility index (Phi) is 16.2. The number of halogens is 3. The summed E-state index contributed by atoms with van der Waals surface area (Å²) in [6.07, 6.45) is 1.50. The normalized spacial score (nSPS) is 10.6. The summed E-state index contributed by atoms with van der Waals surface area (Å²) in [5.74, 6) is 0.447. The number of benzene rings is 6. The first-order valence-electron chi connectivity index (χ1n) is 18.8. The Balaban J connectivity index is 0.000000149. The number of hydrogen-bond acceptors (Lipinski definition) is 12. The summed E-state index contributed by atoms with van der Waals surface area (Å²) in [4.78, 5) is 69.5. The van der Waals surface area contributed by atoms with Gasteiger partial charge in [-0.25, -0.2) is 4.79 Å². The standard InChI is InChI=1S/C16H11ClO3S.C16H10O3S.C13H8O2S.C3H4Cl2O/c17-8-7-15(18)20-10-5-6-14-12(9-10)16(19)11-3-1-2-4-13(11)21-14;1-2-15(17)19-10-7-8-14-12(9-10)16(18)11-5-3-4-6-13(11)20-14;14-8-5-6-12-10(7-8)13(15)9-3-1-2-4-11(9)16-12;4-2-1-3(5)6/h1-6,9H,7-8H2;2-9H,1H2;1-7,14H;1-2H2. The molecule has 6 aromatic carbocycles. The molecule has 9 aromatic rings. The molecule has 3 aromatic heterocycles. The molecule has 0 unspecified atom stereocenters. The van der Waals surface area contributed by atoms with Crippen LogP contribution in [0.2, 0.25) is 0 Å². The highest BCUT2D eigenvalue weighted by Gasteiger charge is 2.11. The van der Waals surface area contributed by atoms with Crippen molar-refractivity contribution in [2.45, 2.75) is 12.8 Å². The molecule has 0 aliphatic heterocycles. The van der Waals surface area contributed by atoms with E-state index in [-0.39, 0.29) is 46.0 Å². The van der Waals surface area contributed by atoms with E-state index >= 15 is 0 Å². The number of alkyl halides is 2. The number of ether oxygens (including phenoxy) is 2. The molecule has 9 nitrogen and oxygen atoms in total. The summed E-state index contributed by atoms with van der Waals surface area (Å²) >= 11 is 20.1. The number of hydrogen-bond donors (Lipinski definition) is 1. The molecule has 0 amide bonds. The Morgan fingerprint density at radius 1 is 0.524 bits per heavy atom. The van der Waals surface area contributed by atoms with Crippen LogP contribution < -0.4 is 25.8 Å². The lowest BCUT2D eigenvalue weighted by Crippen LogP contribution is -2.08. The average molecular weight is 956 g/mol. The monoisotopic (exact) mass is 954 g/mol. The molecule has 1 N–H and O–H groups in total. The van der Waals surface area contributed by atoms with Crippen LogP contribution in [0.5, 0.6) is 17.2 Å². The van der Waals surface area contributed by atoms with Gasteiger partial charge in [0.25, 0.3) is 0 Å². The molecule has 63 heavy (non-hydrogen) atoms. The molecule has 0 bridgehead atoms. The van der Waals surface area contributed by atoms with E-state index in [0.717, 1.165) is 34.3 Å².